The van der Waals surface area contributed by atoms with Crippen molar-refractivity contribution in [3.63, 3.8) is 0 Å². The number of hydrazone groups is 1. The number of carbonyl (C=O) groups is 2. The lowest BCUT2D eigenvalue weighted by Crippen LogP contribution is -2.31. The van der Waals surface area contributed by atoms with Gasteiger partial charge in [0.15, 0.2) is 18.1 Å². The van der Waals surface area contributed by atoms with Crippen LogP contribution < -0.4 is 14.2 Å². The molecule has 0 bridgehead atoms. The molecule has 0 aliphatic carbocycles. The lowest BCUT2D eigenvalue weighted by molar-refractivity contribution is -0.135. The number of amides is 1. The van der Waals surface area contributed by atoms with Gasteiger partial charge in [0, 0.05) is 6.42 Å². The third kappa shape index (κ3) is 4.89. The smallest absolute Gasteiger partial charge is 0.337 e. The van der Waals surface area contributed by atoms with Crippen molar-refractivity contribution in [2.75, 3.05) is 27.9 Å². The van der Waals surface area contributed by atoms with Crippen LogP contribution in [0.5, 0.6) is 17.2 Å². The SMILES string of the molecule is COC(=O)c1ccc(OCC(=O)N2N=C(c3cccs3)C[C@@H]2c2ccc(OC)c(OC)c2)cc1. The summed E-state index contributed by atoms with van der Waals surface area (Å²) >= 11 is 1.58. The Morgan fingerprint density at radius 3 is 2.44 bits per heavy atom. The van der Waals surface area contributed by atoms with Crippen LogP contribution in [0.1, 0.15) is 33.3 Å². The van der Waals surface area contributed by atoms with Gasteiger partial charge in [0.25, 0.3) is 5.91 Å². The van der Waals surface area contributed by atoms with Gasteiger partial charge in [0.2, 0.25) is 0 Å². The van der Waals surface area contributed by atoms with E-state index in [-0.39, 0.29) is 18.6 Å². The number of nitrogens with zero attached hydrogens (tertiary/aromatic N) is 2. The molecular weight excluding hydrogens is 456 g/mol. The number of methoxy groups -OCH3 is 3. The molecule has 0 saturated heterocycles. The molecule has 0 unspecified atom stereocenters. The summed E-state index contributed by atoms with van der Waals surface area (Å²) < 4.78 is 21.2. The van der Waals surface area contributed by atoms with Gasteiger partial charge in [-0.2, -0.15) is 5.10 Å². The van der Waals surface area contributed by atoms with E-state index in [2.05, 4.69) is 5.10 Å². The van der Waals surface area contributed by atoms with Crippen molar-refractivity contribution >= 4 is 28.9 Å². The Bertz CT molecular complexity index is 1190. The average Bonchev–Trinajstić information content (AvgIpc) is 3.57. The number of rotatable bonds is 8. The number of benzene rings is 2. The predicted octanol–water partition coefficient (Wildman–Crippen LogP) is 4.31. The number of esters is 1. The van der Waals surface area contributed by atoms with Gasteiger partial charge < -0.3 is 18.9 Å². The molecule has 1 aromatic heterocycles. The molecular formula is C25H24N2O6S. The quantitative estimate of drug-likeness (QED) is 0.447. The second kappa shape index (κ2) is 10.4. The highest BCUT2D eigenvalue weighted by atomic mass is 32.1. The molecule has 3 aromatic rings. The number of hydrogen-bond donors (Lipinski definition) is 0. The lowest BCUT2D eigenvalue weighted by atomic mass is 10.0. The van der Waals surface area contributed by atoms with Gasteiger partial charge in [-0.1, -0.05) is 12.1 Å². The second-order valence-electron chi connectivity index (χ2n) is 7.40. The van der Waals surface area contributed by atoms with E-state index in [9.17, 15) is 9.59 Å². The molecule has 2 aromatic carbocycles. The summed E-state index contributed by atoms with van der Waals surface area (Å²) in [5, 5.41) is 8.10. The Morgan fingerprint density at radius 1 is 1.03 bits per heavy atom. The van der Waals surface area contributed by atoms with E-state index in [1.54, 1.807) is 49.8 Å². The van der Waals surface area contributed by atoms with Crippen molar-refractivity contribution in [2.24, 2.45) is 5.10 Å². The van der Waals surface area contributed by atoms with Crippen molar-refractivity contribution in [3.8, 4) is 17.2 Å². The molecule has 0 radical (unpaired) electrons. The molecule has 0 N–H and O–H groups in total. The molecule has 0 saturated carbocycles. The first-order valence-corrected chi connectivity index (χ1v) is 11.4. The molecule has 1 aliphatic heterocycles. The molecule has 1 aliphatic rings. The van der Waals surface area contributed by atoms with E-state index in [0.29, 0.717) is 29.2 Å². The summed E-state index contributed by atoms with van der Waals surface area (Å²) in [6.45, 7) is -0.206. The highest BCUT2D eigenvalue weighted by Gasteiger charge is 2.34. The molecule has 34 heavy (non-hydrogen) atoms. The molecule has 176 valence electrons. The molecule has 8 nitrogen and oxygen atoms in total. The van der Waals surface area contributed by atoms with Crippen LogP contribution in [0.3, 0.4) is 0 Å². The minimum atomic E-state index is -0.437. The summed E-state index contributed by atoms with van der Waals surface area (Å²) in [7, 11) is 4.48. The summed E-state index contributed by atoms with van der Waals surface area (Å²) in [5.41, 5.74) is 2.12. The lowest BCUT2D eigenvalue weighted by Gasteiger charge is -2.23. The first-order chi connectivity index (χ1) is 16.5. The Hall–Kier alpha value is -3.85. The van der Waals surface area contributed by atoms with Crippen molar-refractivity contribution in [1.29, 1.82) is 0 Å². The van der Waals surface area contributed by atoms with Gasteiger partial charge in [-0.25, -0.2) is 9.80 Å². The zero-order valence-electron chi connectivity index (χ0n) is 19.0. The van der Waals surface area contributed by atoms with Crippen LogP contribution in [-0.2, 0) is 9.53 Å². The number of thiophene rings is 1. The minimum Gasteiger partial charge on any atom is -0.493 e. The molecule has 1 amide bonds. The molecule has 2 heterocycles. The Morgan fingerprint density at radius 2 is 1.79 bits per heavy atom. The van der Waals surface area contributed by atoms with Crippen molar-refractivity contribution in [1.82, 2.24) is 5.01 Å². The van der Waals surface area contributed by atoms with Gasteiger partial charge in [-0.05, 0) is 53.4 Å². The van der Waals surface area contributed by atoms with Crippen LogP contribution in [-0.4, -0.2) is 50.5 Å². The van der Waals surface area contributed by atoms with E-state index in [1.807, 2.05) is 35.7 Å². The Labute approximate surface area is 201 Å². The average molecular weight is 481 g/mol. The van der Waals surface area contributed by atoms with Gasteiger partial charge >= 0.3 is 5.97 Å². The maximum absolute atomic E-state index is 13.2. The normalized spacial score (nSPS) is 15.0. The van der Waals surface area contributed by atoms with Crippen molar-refractivity contribution in [3.05, 3.63) is 76.0 Å². The number of hydrogen-bond acceptors (Lipinski definition) is 8. The second-order valence-corrected chi connectivity index (χ2v) is 8.35. The van der Waals surface area contributed by atoms with Crippen LogP contribution >= 0.6 is 11.3 Å². The maximum Gasteiger partial charge on any atom is 0.337 e. The van der Waals surface area contributed by atoms with Crippen molar-refractivity contribution in [2.45, 2.75) is 12.5 Å². The van der Waals surface area contributed by atoms with Crippen LogP contribution in [0.4, 0.5) is 0 Å². The maximum atomic E-state index is 13.2. The van der Waals surface area contributed by atoms with Gasteiger partial charge in [-0.15, -0.1) is 11.3 Å². The van der Waals surface area contributed by atoms with E-state index < -0.39 is 5.97 Å². The van der Waals surface area contributed by atoms with E-state index in [1.165, 1.54) is 12.1 Å². The third-order valence-corrected chi connectivity index (χ3v) is 6.32. The summed E-state index contributed by atoms with van der Waals surface area (Å²) in [6.07, 6.45) is 0.565. The van der Waals surface area contributed by atoms with Gasteiger partial charge in [0.1, 0.15) is 5.75 Å². The predicted molar refractivity (Wildman–Crippen MR) is 128 cm³/mol. The van der Waals surface area contributed by atoms with Crippen LogP contribution in [0.25, 0.3) is 0 Å². The minimum absolute atomic E-state index is 0.206. The fourth-order valence-corrected chi connectivity index (χ4v) is 4.39. The summed E-state index contributed by atoms with van der Waals surface area (Å²) in [6, 6.07) is 15.6. The number of carbonyl (C=O) groups excluding carboxylic acids is 2. The molecule has 4 rings (SSSR count). The van der Waals surface area contributed by atoms with Crippen LogP contribution in [0.2, 0.25) is 0 Å². The fourth-order valence-electron chi connectivity index (χ4n) is 3.67. The fraction of sp³-hybridized carbons (Fsp3) is 0.240. The van der Waals surface area contributed by atoms with Gasteiger partial charge in [-0.3, -0.25) is 4.79 Å². The zero-order chi connectivity index (χ0) is 24.1. The van der Waals surface area contributed by atoms with E-state index in [4.69, 9.17) is 18.9 Å². The molecule has 9 heteroatoms. The summed E-state index contributed by atoms with van der Waals surface area (Å²) in [4.78, 5) is 25.8. The first-order valence-electron chi connectivity index (χ1n) is 10.5. The molecule has 1 atom stereocenters. The highest BCUT2D eigenvalue weighted by Crippen LogP contribution is 2.38. The largest absolute Gasteiger partial charge is 0.493 e. The Kier molecular flexibility index (Phi) is 7.12. The van der Waals surface area contributed by atoms with Gasteiger partial charge in [0.05, 0.1) is 43.5 Å². The molecule has 0 fully saturated rings. The third-order valence-electron chi connectivity index (χ3n) is 5.40. The van der Waals surface area contributed by atoms with E-state index >= 15 is 0 Å². The highest BCUT2D eigenvalue weighted by molar-refractivity contribution is 7.12. The summed E-state index contributed by atoms with van der Waals surface area (Å²) in [5.74, 6) is 0.931. The monoisotopic (exact) mass is 480 g/mol. The zero-order valence-corrected chi connectivity index (χ0v) is 19.8. The first kappa shape index (κ1) is 23.3. The number of ether oxygens (including phenoxy) is 4. The topological polar surface area (TPSA) is 86.7 Å². The van der Waals surface area contributed by atoms with Crippen LogP contribution in [0.15, 0.2) is 65.1 Å². The van der Waals surface area contributed by atoms with Crippen molar-refractivity contribution < 1.29 is 28.5 Å². The molecule has 0 spiro atoms. The standard InChI is InChI=1S/C25H24N2O6S/c1-30-21-11-8-17(13-22(21)31-2)20-14-19(23-5-4-12-34-23)26-27(20)24(28)15-33-18-9-6-16(7-10-18)25(29)32-3/h4-13,20H,14-15H2,1-3H3/t20-/m1/s1. The Balaban J connectivity index is 1.54. The van der Waals surface area contributed by atoms with Crippen LogP contribution in [0, 0.1) is 0 Å². The van der Waals surface area contributed by atoms with E-state index in [0.717, 1.165) is 16.2 Å².